The van der Waals surface area contributed by atoms with E-state index >= 15 is 0 Å². The lowest BCUT2D eigenvalue weighted by atomic mass is 10.1. The van der Waals surface area contributed by atoms with Gasteiger partial charge >= 0.3 is 0 Å². The van der Waals surface area contributed by atoms with Gasteiger partial charge in [0.25, 0.3) is 0 Å². The second-order valence-electron chi connectivity index (χ2n) is 8.06. The highest BCUT2D eigenvalue weighted by molar-refractivity contribution is 6.30. The molecule has 0 radical (unpaired) electrons. The third-order valence-corrected chi connectivity index (χ3v) is 6.07. The second kappa shape index (κ2) is 9.93. The molecule has 1 aliphatic rings. The highest BCUT2D eigenvalue weighted by atomic mass is 35.5. The number of aromatic nitrogens is 3. The molecule has 1 fully saturated rings. The monoisotopic (exact) mass is 469 g/mol. The number of amides is 1. The van der Waals surface area contributed by atoms with Crippen LogP contribution in [0.15, 0.2) is 91.3 Å². The van der Waals surface area contributed by atoms with E-state index < -0.39 is 0 Å². The van der Waals surface area contributed by atoms with Crippen LogP contribution in [-0.4, -0.2) is 51.8 Å². The number of anilines is 1. The minimum absolute atomic E-state index is 0.00910. The van der Waals surface area contributed by atoms with Crippen LogP contribution in [-0.2, 0) is 4.79 Å². The molecule has 1 amide bonds. The Bertz CT molecular complexity index is 1300. The Morgan fingerprint density at radius 2 is 1.71 bits per heavy atom. The lowest BCUT2D eigenvalue weighted by Gasteiger charge is -2.34. The quantitative estimate of drug-likeness (QED) is 0.388. The van der Waals surface area contributed by atoms with E-state index in [1.54, 1.807) is 12.3 Å². The summed E-state index contributed by atoms with van der Waals surface area (Å²) in [5, 5.41) is 5.44. The predicted octanol–water partition coefficient (Wildman–Crippen LogP) is 4.95. The zero-order valence-corrected chi connectivity index (χ0v) is 19.3. The summed E-state index contributed by atoms with van der Waals surface area (Å²) < 4.78 is 1.83. The molecular weight excluding hydrogens is 446 g/mol. The van der Waals surface area contributed by atoms with Crippen LogP contribution in [0.2, 0.25) is 5.02 Å². The Morgan fingerprint density at radius 3 is 2.44 bits per heavy atom. The average Bonchev–Trinajstić information content (AvgIpc) is 3.33. The standard InChI is InChI=1S/C27H24ClN5O/c28-23-8-6-7-21(19-23)27-22(20-33(30-27)24-9-2-1-3-10-24)12-13-26(34)32-17-15-31(16-18-32)25-11-4-5-14-29-25/h1-14,19-20H,15-18H2/b13-12+. The molecule has 0 N–H and O–H groups in total. The van der Waals surface area contributed by atoms with Gasteiger partial charge in [-0.25, -0.2) is 9.67 Å². The molecule has 0 atom stereocenters. The topological polar surface area (TPSA) is 54.3 Å². The summed E-state index contributed by atoms with van der Waals surface area (Å²) in [7, 11) is 0. The van der Waals surface area contributed by atoms with Gasteiger partial charge < -0.3 is 9.80 Å². The second-order valence-corrected chi connectivity index (χ2v) is 8.49. The summed E-state index contributed by atoms with van der Waals surface area (Å²) in [6.45, 7) is 2.83. The number of carbonyl (C=O) groups is 1. The number of para-hydroxylation sites is 1. The third-order valence-electron chi connectivity index (χ3n) is 5.83. The van der Waals surface area contributed by atoms with E-state index in [1.807, 2.05) is 94.7 Å². The van der Waals surface area contributed by atoms with Crippen molar-refractivity contribution in [1.29, 1.82) is 0 Å². The van der Waals surface area contributed by atoms with E-state index in [0.29, 0.717) is 18.1 Å². The molecule has 2 aromatic carbocycles. The molecule has 170 valence electrons. The molecule has 1 saturated heterocycles. The van der Waals surface area contributed by atoms with Gasteiger partial charge in [-0.15, -0.1) is 0 Å². The maximum absolute atomic E-state index is 12.9. The molecule has 0 aliphatic carbocycles. The summed E-state index contributed by atoms with van der Waals surface area (Å²) in [6.07, 6.45) is 7.21. The molecule has 2 aromatic heterocycles. The first-order chi connectivity index (χ1) is 16.7. The van der Waals surface area contributed by atoms with Crippen LogP contribution in [0.3, 0.4) is 0 Å². The molecule has 5 rings (SSSR count). The van der Waals surface area contributed by atoms with Gasteiger partial charge in [-0.3, -0.25) is 4.79 Å². The lowest BCUT2D eigenvalue weighted by molar-refractivity contribution is -0.126. The van der Waals surface area contributed by atoms with Gasteiger partial charge in [-0.1, -0.05) is 48.0 Å². The van der Waals surface area contributed by atoms with Gasteiger partial charge in [0.2, 0.25) is 5.91 Å². The number of halogens is 1. The molecule has 3 heterocycles. The Morgan fingerprint density at radius 1 is 0.912 bits per heavy atom. The smallest absolute Gasteiger partial charge is 0.246 e. The van der Waals surface area contributed by atoms with Gasteiger partial charge in [0.05, 0.1) is 5.69 Å². The summed E-state index contributed by atoms with van der Waals surface area (Å²) in [4.78, 5) is 21.4. The van der Waals surface area contributed by atoms with E-state index in [1.165, 1.54) is 0 Å². The fraction of sp³-hybridized carbons (Fsp3) is 0.148. The summed E-state index contributed by atoms with van der Waals surface area (Å²) in [6, 6.07) is 23.4. The molecular formula is C27H24ClN5O. The molecule has 34 heavy (non-hydrogen) atoms. The number of benzene rings is 2. The Hall–Kier alpha value is -3.90. The normalized spacial score (nSPS) is 14.0. The minimum atomic E-state index is -0.00910. The van der Waals surface area contributed by atoms with E-state index in [-0.39, 0.29) is 5.91 Å². The van der Waals surface area contributed by atoms with Crippen LogP contribution in [0, 0.1) is 0 Å². The fourth-order valence-corrected chi connectivity index (χ4v) is 4.24. The molecule has 0 saturated carbocycles. The molecule has 4 aromatic rings. The molecule has 0 spiro atoms. The van der Waals surface area contributed by atoms with Gasteiger partial charge in [-0.05, 0) is 42.5 Å². The minimum Gasteiger partial charge on any atom is -0.353 e. The van der Waals surface area contributed by atoms with Crippen molar-refractivity contribution < 1.29 is 4.79 Å². The van der Waals surface area contributed by atoms with Gasteiger partial charge in [-0.2, -0.15) is 5.10 Å². The van der Waals surface area contributed by atoms with Crippen LogP contribution < -0.4 is 4.90 Å². The van der Waals surface area contributed by atoms with E-state index in [9.17, 15) is 4.79 Å². The maximum Gasteiger partial charge on any atom is 0.246 e. The number of pyridine rings is 1. The predicted molar refractivity (Wildman–Crippen MR) is 136 cm³/mol. The van der Waals surface area contributed by atoms with Crippen LogP contribution in [0.1, 0.15) is 5.56 Å². The van der Waals surface area contributed by atoms with Crippen molar-refractivity contribution in [2.75, 3.05) is 31.1 Å². The van der Waals surface area contributed by atoms with E-state index in [4.69, 9.17) is 16.7 Å². The Kier molecular flexibility index (Phi) is 6.40. The molecule has 1 aliphatic heterocycles. The number of nitrogens with zero attached hydrogens (tertiary/aromatic N) is 5. The van der Waals surface area contributed by atoms with Crippen molar-refractivity contribution in [2.45, 2.75) is 0 Å². The SMILES string of the molecule is O=C(/C=C/c1cn(-c2ccccc2)nc1-c1cccc(Cl)c1)N1CCN(c2ccccn2)CC1. The fourth-order valence-electron chi connectivity index (χ4n) is 4.05. The first-order valence-electron chi connectivity index (χ1n) is 11.2. The first-order valence-corrected chi connectivity index (χ1v) is 11.6. The average molecular weight is 470 g/mol. The lowest BCUT2D eigenvalue weighted by Crippen LogP contribution is -2.48. The Labute approximate surface area is 203 Å². The number of hydrogen-bond donors (Lipinski definition) is 0. The van der Waals surface area contributed by atoms with Crippen LogP contribution in [0.5, 0.6) is 0 Å². The van der Waals surface area contributed by atoms with Crippen LogP contribution >= 0.6 is 11.6 Å². The number of piperazine rings is 1. The van der Waals surface area contributed by atoms with Crippen LogP contribution in [0.4, 0.5) is 5.82 Å². The van der Waals surface area contributed by atoms with Gasteiger partial charge in [0.15, 0.2) is 0 Å². The third kappa shape index (κ3) is 4.87. The molecule has 0 unspecified atom stereocenters. The summed E-state index contributed by atoms with van der Waals surface area (Å²) >= 11 is 6.23. The number of rotatable bonds is 5. The largest absolute Gasteiger partial charge is 0.353 e. The summed E-state index contributed by atoms with van der Waals surface area (Å²) in [5.41, 5.74) is 3.47. The highest BCUT2D eigenvalue weighted by Gasteiger charge is 2.20. The molecule has 6 nitrogen and oxygen atoms in total. The number of hydrogen-bond acceptors (Lipinski definition) is 4. The Balaban J connectivity index is 1.35. The van der Waals surface area contributed by atoms with Crippen molar-refractivity contribution in [1.82, 2.24) is 19.7 Å². The van der Waals surface area contributed by atoms with E-state index in [2.05, 4.69) is 9.88 Å². The van der Waals surface area contributed by atoms with E-state index in [0.717, 1.165) is 41.4 Å². The van der Waals surface area contributed by atoms with Crippen molar-refractivity contribution in [3.05, 3.63) is 102 Å². The maximum atomic E-state index is 12.9. The zero-order valence-electron chi connectivity index (χ0n) is 18.6. The highest BCUT2D eigenvalue weighted by Crippen LogP contribution is 2.27. The van der Waals surface area contributed by atoms with Crippen molar-refractivity contribution >= 4 is 29.4 Å². The summed E-state index contributed by atoms with van der Waals surface area (Å²) in [5.74, 6) is 0.940. The first kappa shape index (κ1) is 21.9. The van der Waals surface area contributed by atoms with Gasteiger partial charge in [0, 0.05) is 60.8 Å². The molecule has 0 bridgehead atoms. The van der Waals surface area contributed by atoms with Gasteiger partial charge in [0.1, 0.15) is 11.5 Å². The molecule has 7 heteroatoms. The van der Waals surface area contributed by atoms with Crippen molar-refractivity contribution in [3.63, 3.8) is 0 Å². The number of carbonyl (C=O) groups excluding carboxylic acids is 1. The van der Waals surface area contributed by atoms with Crippen molar-refractivity contribution in [3.8, 4) is 16.9 Å². The van der Waals surface area contributed by atoms with Crippen molar-refractivity contribution in [2.24, 2.45) is 0 Å². The zero-order chi connectivity index (χ0) is 23.3. The van der Waals surface area contributed by atoms with Crippen LogP contribution in [0.25, 0.3) is 23.0 Å².